The lowest BCUT2D eigenvalue weighted by Gasteiger charge is -2.37. The van der Waals surface area contributed by atoms with Crippen LogP contribution in [-0.2, 0) is 10.0 Å². The van der Waals surface area contributed by atoms with Crippen LogP contribution in [0.4, 0.5) is 0 Å². The van der Waals surface area contributed by atoms with Gasteiger partial charge in [0.2, 0.25) is 10.0 Å². The lowest BCUT2D eigenvalue weighted by Crippen LogP contribution is -2.49. The van der Waals surface area contributed by atoms with Crippen LogP contribution in [0.2, 0.25) is 0 Å². The van der Waals surface area contributed by atoms with E-state index in [1.165, 1.54) is 5.56 Å². The van der Waals surface area contributed by atoms with Gasteiger partial charge in [0.25, 0.3) is 0 Å². The topological polar surface area (TPSA) is 49.9 Å². The van der Waals surface area contributed by atoms with E-state index in [1.54, 1.807) is 28.6 Å². The first-order valence-electron chi connectivity index (χ1n) is 9.04. The van der Waals surface area contributed by atoms with E-state index in [0.717, 1.165) is 13.1 Å². The summed E-state index contributed by atoms with van der Waals surface area (Å²) in [7, 11) is -3.46. The van der Waals surface area contributed by atoms with Crippen molar-refractivity contribution in [3.8, 4) is 5.75 Å². The fourth-order valence-corrected chi connectivity index (χ4v) is 4.72. The van der Waals surface area contributed by atoms with Crippen molar-refractivity contribution in [2.24, 2.45) is 0 Å². The van der Waals surface area contributed by atoms with Crippen LogP contribution in [0.5, 0.6) is 5.75 Å². The fraction of sp³-hybridized carbons (Fsp3) is 0.400. The number of hydrogen-bond acceptors (Lipinski definition) is 4. The molecule has 1 heterocycles. The van der Waals surface area contributed by atoms with Crippen molar-refractivity contribution < 1.29 is 13.2 Å². The summed E-state index contributed by atoms with van der Waals surface area (Å²) in [4.78, 5) is 2.66. The Bertz CT molecular complexity index is 799. The van der Waals surface area contributed by atoms with Gasteiger partial charge in [0.05, 0.1) is 11.5 Å². The molecule has 1 saturated heterocycles. The van der Waals surface area contributed by atoms with Gasteiger partial charge in [0, 0.05) is 32.2 Å². The van der Waals surface area contributed by atoms with Gasteiger partial charge in [-0.15, -0.1) is 0 Å². The molecule has 26 heavy (non-hydrogen) atoms. The predicted molar refractivity (Wildman–Crippen MR) is 103 cm³/mol. The Balaban J connectivity index is 1.65. The second-order valence-corrected chi connectivity index (χ2v) is 8.37. The van der Waals surface area contributed by atoms with Gasteiger partial charge in [0.1, 0.15) is 5.75 Å². The Kier molecular flexibility index (Phi) is 5.96. The molecule has 1 fully saturated rings. The minimum absolute atomic E-state index is 0.284. The van der Waals surface area contributed by atoms with Crippen molar-refractivity contribution in [3.63, 3.8) is 0 Å². The van der Waals surface area contributed by atoms with E-state index >= 15 is 0 Å². The maximum atomic E-state index is 12.9. The number of hydrogen-bond donors (Lipinski definition) is 0. The van der Waals surface area contributed by atoms with Gasteiger partial charge in [-0.2, -0.15) is 4.31 Å². The van der Waals surface area contributed by atoms with Crippen molar-refractivity contribution in [2.45, 2.75) is 24.8 Å². The zero-order valence-corrected chi connectivity index (χ0v) is 16.2. The van der Waals surface area contributed by atoms with Crippen molar-refractivity contribution in [2.75, 3.05) is 32.8 Å². The second kappa shape index (κ2) is 8.20. The van der Waals surface area contributed by atoms with Gasteiger partial charge >= 0.3 is 0 Å². The molecular formula is C20H26N2O3S. The van der Waals surface area contributed by atoms with Crippen molar-refractivity contribution >= 4 is 10.0 Å². The van der Waals surface area contributed by atoms with Gasteiger partial charge in [-0.3, -0.25) is 4.90 Å². The minimum atomic E-state index is -3.46. The molecule has 1 aliphatic rings. The Labute approximate surface area is 156 Å². The van der Waals surface area contributed by atoms with E-state index < -0.39 is 10.0 Å². The van der Waals surface area contributed by atoms with E-state index in [-0.39, 0.29) is 6.04 Å². The first kappa shape index (κ1) is 18.9. The first-order valence-corrected chi connectivity index (χ1v) is 10.5. The molecule has 0 N–H and O–H groups in total. The van der Waals surface area contributed by atoms with E-state index in [4.69, 9.17) is 4.74 Å². The highest BCUT2D eigenvalue weighted by atomic mass is 32.2. The number of benzene rings is 2. The smallest absolute Gasteiger partial charge is 0.243 e. The molecule has 6 heteroatoms. The molecule has 0 aromatic heterocycles. The van der Waals surface area contributed by atoms with E-state index in [0.29, 0.717) is 30.3 Å². The molecule has 0 bridgehead atoms. The molecule has 0 saturated carbocycles. The quantitative estimate of drug-likeness (QED) is 0.779. The van der Waals surface area contributed by atoms with Crippen LogP contribution >= 0.6 is 0 Å². The molecule has 0 amide bonds. The lowest BCUT2D eigenvalue weighted by atomic mass is 10.1. The van der Waals surface area contributed by atoms with Crippen LogP contribution in [0.3, 0.4) is 0 Å². The summed E-state index contributed by atoms with van der Waals surface area (Å²) in [5, 5.41) is 0. The van der Waals surface area contributed by atoms with Gasteiger partial charge in [-0.1, -0.05) is 30.3 Å². The molecule has 0 aliphatic carbocycles. The highest BCUT2D eigenvalue weighted by molar-refractivity contribution is 7.89. The lowest BCUT2D eigenvalue weighted by molar-refractivity contribution is 0.146. The fourth-order valence-electron chi connectivity index (χ4n) is 3.30. The third-order valence-corrected chi connectivity index (χ3v) is 6.79. The van der Waals surface area contributed by atoms with Crippen LogP contribution < -0.4 is 4.74 Å². The molecule has 0 radical (unpaired) electrons. The number of rotatable bonds is 6. The van der Waals surface area contributed by atoms with Gasteiger partial charge in [0.15, 0.2) is 0 Å². The Morgan fingerprint density at radius 2 is 1.58 bits per heavy atom. The Hall–Kier alpha value is -1.89. The summed E-state index contributed by atoms with van der Waals surface area (Å²) >= 11 is 0. The zero-order valence-electron chi connectivity index (χ0n) is 15.3. The molecule has 2 aromatic rings. The molecule has 1 unspecified atom stereocenters. The van der Waals surface area contributed by atoms with Crippen LogP contribution in [0.25, 0.3) is 0 Å². The highest BCUT2D eigenvalue weighted by Crippen LogP contribution is 2.25. The first-order chi connectivity index (χ1) is 12.5. The Morgan fingerprint density at radius 3 is 2.15 bits per heavy atom. The molecule has 2 aromatic carbocycles. The summed E-state index contributed by atoms with van der Waals surface area (Å²) in [6.07, 6.45) is 0. The van der Waals surface area contributed by atoms with Crippen LogP contribution in [-0.4, -0.2) is 50.4 Å². The normalized spacial score (nSPS) is 17.8. The summed E-state index contributed by atoms with van der Waals surface area (Å²) in [5.74, 6) is 0.688. The van der Waals surface area contributed by atoms with E-state index in [1.807, 2.05) is 25.1 Å². The molecule has 3 rings (SSSR count). The Morgan fingerprint density at radius 1 is 0.962 bits per heavy atom. The van der Waals surface area contributed by atoms with Crippen molar-refractivity contribution in [1.29, 1.82) is 0 Å². The van der Waals surface area contributed by atoms with Crippen LogP contribution in [0.15, 0.2) is 59.5 Å². The average molecular weight is 375 g/mol. The SMILES string of the molecule is CCOc1ccc(S(=O)(=O)N2CCN(C(C)c3ccccc3)CC2)cc1. The van der Waals surface area contributed by atoms with Gasteiger partial charge < -0.3 is 4.74 Å². The highest BCUT2D eigenvalue weighted by Gasteiger charge is 2.30. The van der Waals surface area contributed by atoms with Gasteiger partial charge in [-0.05, 0) is 43.7 Å². The third kappa shape index (κ3) is 4.09. The summed E-state index contributed by atoms with van der Waals surface area (Å²) in [6.45, 7) is 7.11. The molecule has 1 aliphatic heterocycles. The minimum Gasteiger partial charge on any atom is -0.494 e. The average Bonchev–Trinajstić information content (AvgIpc) is 2.69. The maximum absolute atomic E-state index is 12.9. The number of piperazine rings is 1. The largest absolute Gasteiger partial charge is 0.494 e. The van der Waals surface area contributed by atoms with Crippen molar-refractivity contribution in [3.05, 3.63) is 60.2 Å². The van der Waals surface area contributed by atoms with Crippen molar-refractivity contribution in [1.82, 2.24) is 9.21 Å². The van der Waals surface area contributed by atoms with Crippen LogP contribution in [0, 0.1) is 0 Å². The molecule has 1 atom stereocenters. The van der Waals surface area contributed by atoms with E-state index in [2.05, 4.69) is 24.0 Å². The molecule has 5 nitrogen and oxygen atoms in total. The summed E-state index contributed by atoms with van der Waals surface area (Å²) in [6, 6.07) is 17.3. The second-order valence-electron chi connectivity index (χ2n) is 6.43. The van der Waals surface area contributed by atoms with E-state index in [9.17, 15) is 8.42 Å². The summed E-state index contributed by atoms with van der Waals surface area (Å²) in [5.41, 5.74) is 1.26. The number of nitrogens with zero attached hydrogens (tertiary/aromatic N) is 2. The number of ether oxygens (including phenoxy) is 1. The maximum Gasteiger partial charge on any atom is 0.243 e. The molecule has 140 valence electrons. The number of sulfonamides is 1. The van der Waals surface area contributed by atoms with Crippen LogP contribution in [0.1, 0.15) is 25.5 Å². The predicted octanol–water partition coefficient (Wildman–Crippen LogP) is 3.15. The zero-order chi connectivity index (χ0) is 18.6. The molecular weight excluding hydrogens is 348 g/mol. The third-order valence-electron chi connectivity index (χ3n) is 4.88. The summed E-state index contributed by atoms with van der Waals surface area (Å²) < 4.78 is 32.7. The molecule has 0 spiro atoms. The van der Waals surface area contributed by atoms with Gasteiger partial charge in [-0.25, -0.2) is 8.42 Å². The standard InChI is InChI=1S/C20H26N2O3S/c1-3-25-19-9-11-20(12-10-19)26(23,24)22-15-13-21(14-16-22)17(2)18-7-5-4-6-8-18/h4-12,17H,3,13-16H2,1-2H3. The monoisotopic (exact) mass is 374 g/mol.